The summed E-state index contributed by atoms with van der Waals surface area (Å²) in [6.45, 7) is 12.2. The van der Waals surface area contributed by atoms with E-state index in [-0.39, 0.29) is 28.8 Å². The summed E-state index contributed by atoms with van der Waals surface area (Å²) in [5.74, 6) is 3.65. The van der Waals surface area contributed by atoms with Gasteiger partial charge in [0.05, 0.1) is 27.6 Å². The molecule has 236 valence electrons. The molecule has 1 spiro atoms. The van der Waals surface area contributed by atoms with Crippen molar-refractivity contribution < 1.29 is 24.1 Å². The van der Waals surface area contributed by atoms with Gasteiger partial charge < -0.3 is 9.47 Å². The van der Waals surface area contributed by atoms with E-state index < -0.39 is 27.2 Å². The predicted molar refractivity (Wildman–Crippen MR) is 162 cm³/mol. The molecule has 0 amide bonds. The zero-order valence-corrected chi connectivity index (χ0v) is 26.4. The van der Waals surface area contributed by atoms with Gasteiger partial charge in [-0.3, -0.25) is 20.2 Å². The molecule has 1 aromatic rings. The van der Waals surface area contributed by atoms with E-state index in [4.69, 9.17) is 9.47 Å². The molecule has 4 aliphatic carbocycles. The minimum Gasteiger partial charge on any atom is -0.459 e. The molecule has 5 fully saturated rings. The number of esters is 1. The van der Waals surface area contributed by atoms with Crippen LogP contribution in [0.5, 0.6) is 0 Å². The fourth-order valence-electron chi connectivity index (χ4n) is 10.9. The summed E-state index contributed by atoms with van der Waals surface area (Å²) in [5, 5.41) is 22.6. The van der Waals surface area contributed by atoms with E-state index in [1.165, 1.54) is 44.9 Å². The van der Waals surface area contributed by atoms with Crippen molar-refractivity contribution in [3.63, 3.8) is 0 Å². The number of benzene rings is 1. The Morgan fingerprint density at radius 1 is 0.977 bits per heavy atom. The lowest BCUT2D eigenvalue weighted by Crippen LogP contribution is -2.59. The lowest BCUT2D eigenvalue weighted by Gasteiger charge is -2.59. The van der Waals surface area contributed by atoms with Crippen molar-refractivity contribution in [2.24, 2.45) is 46.3 Å². The standard InChI is InChI=1S/C34H48N2O7/c1-20(2)7-6-8-21(3)27-9-10-28-26-18-30-34(43-30)19-25(11-14-33(34,5)29(26)12-13-32(27,28)4)42-31(37)22-15-23(35(38)39)17-24(16-22)36(40)41/h15-17,20-21,25-30H,6-14,18-19H2,1-5H3/t21-,25+,26-,27-,28+,29-,30-,32-,33+,34-/m0/s1. The van der Waals surface area contributed by atoms with Crippen molar-refractivity contribution in [2.75, 3.05) is 0 Å². The van der Waals surface area contributed by atoms with Gasteiger partial charge in [-0.2, -0.15) is 0 Å². The third-order valence-electron chi connectivity index (χ3n) is 13.1. The molecular formula is C34H48N2O7. The van der Waals surface area contributed by atoms with Gasteiger partial charge in [0.2, 0.25) is 0 Å². The van der Waals surface area contributed by atoms with E-state index in [2.05, 4.69) is 34.6 Å². The number of nitrogens with zero attached hydrogens (tertiary/aromatic N) is 2. The molecule has 0 bridgehead atoms. The lowest BCUT2D eigenvalue weighted by atomic mass is 9.44. The lowest BCUT2D eigenvalue weighted by molar-refractivity contribution is -0.394. The molecule has 0 N–H and O–H groups in total. The summed E-state index contributed by atoms with van der Waals surface area (Å²) in [5.41, 5.74) is -0.994. The van der Waals surface area contributed by atoms with Crippen LogP contribution in [-0.4, -0.2) is 33.6 Å². The van der Waals surface area contributed by atoms with Crippen LogP contribution in [0.1, 0.15) is 116 Å². The van der Waals surface area contributed by atoms with Gasteiger partial charge in [-0.15, -0.1) is 0 Å². The Balaban J connectivity index is 1.14. The van der Waals surface area contributed by atoms with Crippen LogP contribution in [-0.2, 0) is 9.47 Å². The minimum absolute atomic E-state index is 0.0378. The van der Waals surface area contributed by atoms with E-state index in [9.17, 15) is 25.0 Å². The van der Waals surface area contributed by atoms with Gasteiger partial charge in [0, 0.05) is 24.0 Å². The maximum Gasteiger partial charge on any atom is 0.338 e. The Hall–Kier alpha value is -2.55. The molecule has 1 aliphatic heterocycles. The smallest absolute Gasteiger partial charge is 0.338 e. The molecule has 43 heavy (non-hydrogen) atoms. The van der Waals surface area contributed by atoms with Crippen molar-refractivity contribution in [2.45, 2.75) is 123 Å². The van der Waals surface area contributed by atoms with Gasteiger partial charge in [0.1, 0.15) is 11.7 Å². The summed E-state index contributed by atoms with van der Waals surface area (Å²) < 4.78 is 12.5. The summed E-state index contributed by atoms with van der Waals surface area (Å²) in [6.07, 6.45) is 12.4. The molecule has 6 rings (SSSR count). The van der Waals surface area contributed by atoms with Gasteiger partial charge in [-0.1, -0.05) is 53.9 Å². The Morgan fingerprint density at radius 3 is 2.33 bits per heavy atom. The predicted octanol–water partition coefficient (Wildman–Crippen LogP) is 8.28. The van der Waals surface area contributed by atoms with E-state index in [1.807, 2.05) is 0 Å². The van der Waals surface area contributed by atoms with Gasteiger partial charge in [-0.25, -0.2) is 4.79 Å². The van der Waals surface area contributed by atoms with Crippen LogP contribution in [0.25, 0.3) is 0 Å². The average molecular weight is 597 g/mol. The fourth-order valence-corrected chi connectivity index (χ4v) is 10.9. The molecule has 0 unspecified atom stereocenters. The second-order valence-corrected chi connectivity index (χ2v) is 15.6. The highest BCUT2D eigenvalue weighted by atomic mass is 16.6. The second-order valence-electron chi connectivity index (χ2n) is 15.6. The van der Waals surface area contributed by atoms with Crippen LogP contribution >= 0.6 is 0 Å². The maximum atomic E-state index is 13.1. The molecule has 5 aliphatic rings. The van der Waals surface area contributed by atoms with E-state index in [1.54, 1.807) is 0 Å². The van der Waals surface area contributed by atoms with Crippen LogP contribution in [0.2, 0.25) is 0 Å². The van der Waals surface area contributed by atoms with Gasteiger partial charge in [0.15, 0.2) is 0 Å². The number of carbonyl (C=O) groups is 1. The zero-order chi connectivity index (χ0) is 30.9. The molecule has 4 saturated carbocycles. The quantitative estimate of drug-likeness (QED) is 0.121. The number of epoxide rings is 1. The van der Waals surface area contributed by atoms with Crippen LogP contribution in [0.4, 0.5) is 11.4 Å². The molecule has 9 heteroatoms. The van der Waals surface area contributed by atoms with Crippen molar-refractivity contribution in [1.82, 2.24) is 0 Å². The summed E-state index contributed by atoms with van der Waals surface area (Å²) >= 11 is 0. The first-order chi connectivity index (χ1) is 20.3. The molecule has 9 nitrogen and oxygen atoms in total. The molecule has 10 atom stereocenters. The number of ether oxygens (including phenoxy) is 2. The second kappa shape index (κ2) is 10.8. The van der Waals surface area contributed by atoms with Crippen molar-refractivity contribution in [3.8, 4) is 0 Å². The number of non-ortho nitro benzene ring substituents is 2. The highest BCUT2D eigenvalue weighted by Crippen LogP contribution is 2.74. The van der Waals surface area contributed by atoms with Crippen molar-refractivity contribution in [1.29, 1.82) is 0 Å². The third-order valence-corrected chi connectivity index (χ3v) is 13.1. The van der Waals surface area contributed by atoms with Gasteiger partial charge in [-0.05, 0) is 85.9 Å². The third kappa shape index (κ3) is 4.98. The number of carbonyl (C=O) groups excluding carboxylic acids is 1. The molecule has 0 aromatic heterocycles. The normalized spacial score (nSPS) is 40.0. The number of fused-ring (bicyclic) bond motifs is 4. The van der Waals surface area contributed by atoms with Crippen LogP contribution in [0.15, 0.2) is 18.2 Å². The summed E-state index contributed by atoms with van der Waals surface area (Å²) in [6, 6.07) is 2.97. The first-order valence-corrected chi connectivity index (χ1v) is 16.6. The molecule has 1 heterocycles. The minimum atomic E-state index is -0.754. The van der Waals surface area contributed by atoms with Gasteiger partial charge >= 0.3 is 5.97 Å². The SMILES string of the molecule is CC(C)CCC[C@H](C)[C@@H]1CC[C@@H]2[C@@H]3C[C@@H]4O[C@@]45C[C@H](OC(=O)c4cc([N+](=O)[O-])cc([N+](=O)[O-])c4)CC[C@]5(C)[C@H]3CC[C@]21C. The number of nitro benzene ring substituents is 2. The van der Waals surface area contributed by atoms with Crippen LogP contribution < -0.4 is 0 Å². The van der Waals surface area contributed by atoms with Crippen molar-refractivity contribution >= 4 is 17.3 Å². The Morgan fingerprint density at radius 2 is 1.67 bits per heavy atom. The Bertz CT molecular complexity index is 1270. The largest absolute Gasteiger partial charge is 0.459 e. The topological polar surface area (TPSA) is 125 Å². The highest BCUT2D eigenvalue weighted by Gasteiger charge is 2.76. The van der Waals surface area contributed by atoms with E-state index in [0.29, 0.717) is 30.1 Å². The Labute approximate surface area is 254 Å². The van der Waals surface area contributed by atoms with E-state index >= 15 is 0 Å². The van der Waals surface area contributed by atoms with E-state index in [0.717, 1.165) is 54.7 Å². The first kappa shape index (κ1) is 30.5. The monoisotopic (exact) mass is 596 g/mol. The van der Waals surface area contributed by atoms with Crippen molar-refractivity contribution in [3.05, 3.63) is 44.0 Å². The number of hydrogen-bond acceptors (Lipinski definition) is 7. The molecule has 1 aromatic carbocycles. The molecule has 0 radical (unpaired) electrons. The van der Waals surface area contributed by atoms with Gasteiger partial charge in [0.25, 0.3) is 11.4 Å². The fraction of sp³-hybridized carbons (Fsp3) is 0.794. The van der Waals surface area contributed by atoms with Crippen LogP contribution in [0, 0.1) is 66.6 Å². The van der Waals surface area contributed by atoms with Crippen LogP contribution in [0.3, 0.4) is 0 Å². The summed E-state index contributed by atoms with van der Waals surface area (Å²) in [4.78, 5) is 34.3. The number of nitro groups is 2. The molecule has 1 saturated heterocycles. The number of hydrogen-bond donors (Lipinski definition) is 0. The summed E-state index contributed by atoms with van der Waals surface area (Å²) in [7, 11) is 0. The highest BCUT2D eigenvalue weighted by molar-refractivity contribution is 5.91. The zero-order valence-electron chi connectivity index (χ0n) is 26.4. The number of rotatable bonds is 9. The Kier molecular flexibility index (Phi) is 7.66. The first-order valence-electron chi connectivity index (χ1n) is 16.6. The molecular weight excluding hydrogens is 548 g/mol. The average Bonchev–Trinajstić information content (AvgIpc) is 3.53. The maximum absolute atomic E-state index is 13.1.